The second-order valence-electron chi connectivity index (χ2n) is 6.65. The maximum atomic E-state index is 12.4. The van der Waals surface area contributed by atoms with Crippen molar-refractivity contribution in [2.45, 2.75) is 71.4 Å². The highest BCUT2D eigenvalue weighted by Crippen LogP contribution is 2.29. The second-order valence-corrected chi connectivity index (χ2v) is 6.65. The zero-order valence-electron chi connectivity index (χ0n) is 12.9. The number of amides is 1. The van der Waals surface area contributed by atoms with Crippen molar-refractivity contribution in [1.29, 1.82) is 0 Å². The fraction of sp³-hybridized carbons (Fsp3) is 0.933. The maximum Gasteiger partial charge on any atom is 0.410 e. The summed E-state index contributed by atoms with van der Waals surface area (Å²) in [7, 11) is 0. The molecule has 0 aromatic rings. The van der Waals surface area contributed by atoms with Crippen LogP contribution in [0, 0.1) is 5.92 Å². The molecule has 0 aromatic heterocycles. The lowest BCUT2D eigenvalue weighted by molar-refractivity contribution is 0.00519. The molecule has 1 aliphatic carbocycles. The molecule has 1 rings (SSSR count). The van der Waals surface area contributed by atoms with Gasteiger partial charge in [0.2, 0.25) is 0 Å². The molecular formula is C15H30N2O2. The van der Waals surface area contributed by atoms with Crippen molar-refractivity contribution in [2.75, 3.05) is 13.1 Å². The normalized spacial score (nSPS) is 24.1. The van der Waals surface area contributed by atoms with Gasteiger partial charge in [0.15, 0.2) is 0 Å². The molecule has 2 N–H and O–H groups in total. The van der Waals surface area contributed by atoms with E-state index in [0.29, 0.717) is 25.0 Å². The molecule has 0 heterocycles. The van der Waals surface area contributed by atoms with Gasteiger partial charge in [0.1, 0.15) is 5.60 Å². The number of nitrogens with zero attached hydrogens (tertiary/aromatic N) is 1. The van der Waals surface area contributed by atoms with E-state index < -0.39 is 5.60 Å². The first-order chi connectivity index (χ1) is 8.85. The summed E-state index contributed by atoms with van der Waals surface area (Å²) in [4.78, 5) is 14.3. The molecule has 2 atom stereocenters. The van der Waals surface area contributed by atoms with Gasteiger partial charge in [-0.3, -0.25) is 0 Å². The Bertz CT molecular complexity index is 286. The number of hydrogen-bond acceptors (Lipinski definition) is 3. The van der Waals surface area contributed by atoms with Crippen LogP contribution in [0.15, 0.2) is 0 Å². The molecule has 0 radical (unpaired) electrons. The minimum absolute atomic E-state index is 0.181. The summed E-state index contributed by atoms with van der Waals surface area (Å²) in [5.74, 6) is 0.555. The summed E-state index contributed by atoms with van der Waals surface area (Å²) in [6.45, 7) is 9.30. The largest absolute Gasteiger partial charge is 0.444 e. The fourth-order valence-corrected chi connectivity index (χ4v) is 2.73. The second kappa shape index (κ2) is 7.13. The van der Waals surface area contributed by atoms with Crippen LogP contribution in [-0.4, -0.2) is 35.7 Å². The van der Waals surface area contributed by atoms with Crippen molar-refractivity contribution in [3.63, 3.8) is 0 Å². The molecule has 1 fully saturated rings. The predicted molar refractivity (Wildman–Crippen MR) is 78.0 cm³/mol. The maximum absolute atomic E-state index is 12.4. The van der Waals surface area contributed by atoms with Gasteiger partial charge in [-0.15, -0.1) is 0 Å². The Morgan fingerprint density at radius 1 is 1.32 bits per heavy atom. The van der Waals surface area contributed by atoms with E-state index in [-0.39, 0.29) is 6.09 Å². The average Bonchev–Trinajstić information content (AvgIpc) is 2.29. The highest BCUT2D eigenvalue weighted by molar-refractivity contribution is 5.68. The van der Waals surface area contributed by atoms with Crippen molar-refractivity contribution in [2.24, 2.45) is 11.7 Å². The van der Waals surface area contributed by atoms with Gasteiger partial charge in [0.25, 0.3) is 0 Å². The smallest absolute Gasteiger partial charge is 0.410 e. The predicted octanol–water partition coefficient (Wildman–Crippen LogP) is 3.15. The summed E-state index contributed by atoms with van der Waals surface area (Å²) in [6.07, 6.45) is 5.42. The third-order valence-electron chi connectivity index (χ3n) is 3.70. The van der Waals surface area contributed by atoms with Gasteiger partial charge in [0.05, 0.1) is 0 Å². The zero-order valence-corrected chi connectivity index (χ0v) is 12.9. The van der Waals surface area contributed by atoms with Gasteiger partial charge in [0, 0.05) is 12.6 Å². The van der Waals surface area contributed by atoms with Gasteiger partial charge < -0.3 is 15.4 Å². The molecule has 0 unspecified atom stereocenters. The van der Waals surface area contributed by atoms with Crippen molar-refractivity contribution in [3.8, 4) is 0 Å². The highest BCUT2D eigenvalue weighted by atomic mass is 16.6. The summed E-state index contributed by atoms with van der Waals surface area (Å²) < 4.78 is 5.54. The number of carbonyl (C=O) groups excluding carboxylic acids is 1. The zero-order chi connectivity index (χ0) is 14.5. The number of carbonyl (C=O) groups is 1. The molecule has 1 saturated carbocycles. The van der Waals surface area contributed by atoms with Gasteiger partial charge in [-0.1, -0.05) is 19.8 Å². The summed E-state index contributed by atoms with van der Waals surface area (Å²) in [5, 5.41) is 0. The molecule has 1 aliphatic rings. The monoisotopic (exact) mass is 270 g/mol. The van der Waals surface area contributed by atoms with Gasteiger partial charge in [-0.2, -0.15) is 0 Å². The van der Waals surface area contributed by atoms with Crippen LogP contribution in [0.2, 0.25) is 0 Å². The molecule has 1 amide bonds. The molecule has 0 spiro atoms. The van der Waals surface area contributed by atoms with Crippen molar-refractivity contribution in [3.05, 3.63) is 0 Å². The fourth-order valence-electron chi connectivity index (χ4n) is 2.73. The molecule has 0 aliphatic heterocycles. The van der Waals surface area contributed by atoms with Gasteiger partial charge in [-0.25, -0.2) is 4.79 Å². The third kappa shape index (κ3) is 5.39. The van der Waals surface area contributed by atoms with Crippen LogP contribution in [0.1, 0.15) is 59.8 Å². The molecule has 0 bridgehead atoms. The SMILES string of the molecule is C[C@@H]1CCCC[C@H]1N(CCCN)C(=O)OC(C)(C)C. The Morgan fingerprint density at radius 2 is 1.95 bits per heavy atom. The van der Waals surface area contributed by atoms with Crippen molar-refractivity contribution in [1.82, 2.24) is 4.90 Å². The molecular weight excluding hydrogens is 240 g/mol. The standard InChI is InChI=1S/C15H30N2O2/c1-12-8-5-6-9-13(12)17(11-7-10-16)14(18)19-15(2,3)4/h12-13H,5-11,16H2,1-4H3/t12-,13-/m1/s1. The van der Waals surface area contributed by atoms with Crippen LogP contribution in [0.4, 0.5) is 4.79 Å². The summed E-state index contributed by atoms with van der Waals surface area (Å²) in [6, 6.07) is 0.315. The Hall–Kier alpha value is -0.770. The van der Waals surface area contributed by atoms with Crippen LogP contribution in [0.25, 0.3) is 0 Å². The van der Waals surface area contributed by atoms with Gasteiger partial charge in [-0.05, 0) is 52.5 Å². The van der Waals surface area contributed by atoms with E-state index in [1.807, 2.05) is 25.7 Å². The van der Waals surface area contributed by atoms with Crippen LogP contribution < -0.4 is 5.73 Å². The average molecular weight is 270 g/mol. The first-order valence-electron chi connectivity index (χ1n) is 7.55. The van der Waals surface area contributed by atoms with E-state index in [0.717, 1.165) is 12.8 Å². The Kier molecular flexibility index (Phi) is 6.11. The van der Waals surface area contributed by atoms with E-state index in [1.165, 1.54) is 19.3 Å². The number of rotatable bonds is 4. The lowest BCUT2D eigenvalue weighted by Gasteiger charge is -2.39. The van der Waals surface area contributed by atoms with Crippen LogP contribution in [0.5, 0.6) is 0 Å². The van der Waals surface area contributed by atoms with Crippen molar-refractivity contribution < 1.29 is 9.53 Å². The minimum atomic E-state index is -0.435. The molecule has 4 nitrogen and oxygen atoms in total. The molecule has 4 heteroatoms. The molecule has 0 saturated heterocycles. The number of hydrogen-bond donors (Lipinski definition) is 1. The van der Waals surface area contributed by atoms with E-state index in [2.05, 4.69) is 6.92 Å². The highest BCUT2D eigenvalue weighted by Gasteiger charge is 2.32. The quantitative estimate of drug-likeness (QED) is 0.853. The van der Waals surface area contributed by atoms with Crippen LogP contribution in [0.3, 0.4) is 0 Å². The minimum Gasteiger partial charge on any atom is -0.444 e. The summed E-state index contributed by atoms with van der Waals surface area (Å²) in [5.41, 5.74) is 5.16. The van der Waals surface area contributed by atoms with Crippen molar-refractivity contribution >= 4 is 6.09 Å². The van der Waals surface area contributed by atoms with E-state index >= 15 is 0 Å². The first-order valence-corrected chi connectivity index (χ1v) is 7.55. The van der Waals surface area contributed by atoms with E-state index in [9.17, 15) is 4.79 Å². The molecule has 112 valence electrons. The Morgan fingerprint density at radius 3 is 2.47 bits per heavy atom. The number of nitrogens with two attached hydrogens (primary N) is 1. The third-order valence-corrected chi connectivity index (χ3v) is 3.70. The molecule has 0 aromatic carbocycles. The number of ether oxygens (including phenoxy) is 1. The van der Waals surface area contributed by atoms with Crippen LogP contribution in [-0.2, 0) is 4.74 Å². The lowest BCUT2D eigenvalue weighted by atomic mass is 9.85. The Balaban J connectivity index is 2.72. The first kappa shape index (κ1) is 16.3. The Labute approximate surface area is 117 Å². The lowest BCUT2D eigenvalue weighted by Crippen LogP contribution is -2.48. The van der Waals surface area contributed by atoms with E-state index in [4.69, 9.17) is 10.5 Å². The van der Waals surface area contributed by atoms with Crippen LogP contribution >= 0.6 is 0 Å². The van der Waals surface area contributed by atoms with Gasteiger partial charge >= 0.3 is 6.09 Å². The molecule has 19 heavy (non-hydrogen) atoms. The topological polar surface area (TPSA) is 55.6 Å². The summed E-state index contributed by atoms with van der Waals surface area (Å²) >= 11 is 0. The van der Waals surface area contributed by atoms with E-state index in [1.54, 1.807) is 0 Å².